The highest BCUT2D eigenvalue weighted by molar-refractivity contribution is 5.47. The lowest BCUT2D eigenvalue weighted by Gasteiger charge is -2.33. The number of hydrogen-bond donors (Lipinski definition) is 1. The molecule has 0 unspecified atom stereocenters. The van der Waals surface area contributed by atoms with Crippen LogP contribution >= 0.6 is 0 Å². The van der Waals surface area contributed by atoms with Gasteiger partial charge in [0, 0.05) is 18.5 Å². The number of benzene rings is 3. The summed E-state index contributed by atoms with van der Waals surface area (Å²) in [4.78, 5) is 0. The molecule has 0 aliphatic carbocycles. The minimum absolute atomic E-state index is 0.0307. The first kappa shape index (κ1) is 24.5. The predicted molar refractivity (Wildman–Crippen MR) is 133 cm³/mol. The number of rotatable bonds is 11. The topological polar surface area (TPSA) is 49.0 Å². The number of methoxy groups -OCH3 is 4. The summed E-state index contributed by atoms with van der Waals surface area (Å²) >= 11 is 0. The smallest absolute Gasteiger partial charge is 0.161 e. The molecule has 176 valence electrons. The lowest BCUT2D eigenvalue weighted by molar-refractivity contribution is 0.341. The van der Waals surface area contributed by atoms with E-state index in [1.807, 2.05) is 18.2 Å². The summed E-state index contributed by atoms with van der Waals surface area (Å²) in [5, 5.41) is 3.82. The Kier molecular flexibility index (Phi) is 8.61. The Bertz CT molecular complexity index is 1020. The summed E-state index contributed by atoms with van der Waals surface area (Å²) < 4.78 is 22.2. The molecule has 0 aromatic heterocycles. The van der Waals surface area contributed by atoms with Crippen LogP contribution in [-0.4, -0.2) is 28.4 Å². The summed E-state index contributed by atoms with van der Waals surface area (Å²) in [7, 11) is 6.66. The molecule has 0 heterocycles. The molecule has 3 aromatic rings. The normalized spacial score (nSPS) is 12.8. The lowest BCUT2D eigenvalue weighted by Crippen LogP contribution is -2.30. The third-order valence-corrected chi connectivity index (χ3v) is 6.01. The molecule has 0 aliphatic heterocycles. The Morgan fingerprint density at radius 3 is 1.67 bits per heavy atom. The number of ether oxygens (including phenoxy) is 4. The van der Waals surface area contributed by atoms with Gasteiger partial charge >= 0.3 is 0 Å². The van der Waals surface area contributed by atoms with Gasteiger partial charge in [-0.1, -0.05) is 56.3 Å². The molecule has 33 heavy (non-hydrogen) atoms. The first-order chi connectivity index (χ1) is 16.0. The number of nitrogens with one attached hydrogen (secondary N) is 1. The van der Waals surface area contributed by atoms with E-state index >= 15 is 0 Å². The zero-order chi connectivity index (χ0) is 23.8. The Labute approximate surface area is 197 Å². The molecule has 5 nitrogen and oxygen atoms in total. The fraction of sp³-hybridized carbons (Fsp3) is 0.357. The van der Waals surface area contributed by atoms with Crippen molar-refractivity contribution in [3.63, 3.8) is 0 Å². The maximum atomic E-state index is 5.61. The first-order valence-electron chi connectivity index (χ1n) is 11.2. The van der Waals surface area contributed by atoms with Gasteiger partial charge in [0.1, 0.15) is 0 Å². The van der Waals surface area contributed by atoms with Gasteiger partial charge in [-0.25, -0.2) is 0 Å². The molecule has 5 heteroatoms. The molecule has 0 fully saturated rings. The van der Waals surface area contributed by atoms with Crippen molar-refractivity contribution in [2.75, 3.05) is 28.4 Å². The molecule has 0 bridgehead atoms. The molecule has 0 spiro atoms. The zero-order valence-corrected chi connectivity index (χ0v) is 20.4. The van der Waals surface area contributed by atoms with Crippen LogP contribution in [-0.2, 0) is 6.54 Å². The second-order valence-electron chi connectivity index (χ2n) is 8.34. The van der Waals surface area contributed by atoms with Gasteiger partial charge in [-0.2, -0.15) is 0 Å². The van der Waals surface area contributed by atoms with Crippen LogP contribution in [0, 0.1) is 5.92 Å². The highest BCUT2D eigenvalue weighted by atomic mass is 16.5. The van der Waals surface area contributed by atoms with E-state index in [4.69, 9.17) is 18.9 Å². The van der Waals surface area contributed by atoms with Crippen molar-refractivity contribution < 1.29 is 18.9 Å². The molecule has 3 rings (SSSR count). The monoisotopic (exact) mass is 449 g/mol. The first-order valence-corrected chi connectivity index (χ1v) is 11.2. The van der Waals surface area contributed by atoms with Crippen molar-refractivity contribution in [1.82, 2.24) is 5.32 Å². The van der Waals surface area contributed by atoms with E-state index in [1.165, 1.54) is 11.1 Å². The van der Waals surface area contributed by atoms with Crippen molar-refractivity contribution in [2.24, 2.45) is 5.92 Å². The van der Waals surface area contributed by atoms with Crippen LogP contribution in [0.3, 0.4) is 0 Å². The van der Waals surface area contributed by atoms with Crippen molar-refractivity contribution in [3.8, 4) is 23.0 Å². The summed E-state index contributed by atoms with van der Waals surface area (Å²) in [6.07, 6.45) is 0. The molecule has 0 radical (unpaired) electrons. The second-order valence-corrected chi connectivity index (χ2v) is 8.34. The quantitative estimate of drug-likeness (QED) is 0.390. The van der Waals surface area contributed by atoms with Crippen LogP contribution in [0.25, 0.3) is 0 Å². The van der Waals surface area contributed by atoms with E-state index in [2.05, 4.69) is 67.7 Å². The number of hydrogen-bond acceptors (Lipinski definition) is 5. The van der Waals surface area contributed by atoms with E-state index < -0.39 is 0 Å². The molecule has 0 saturated carbocycles. The Hall–Kier alpha value is -3.18. The Morgan fingerprint density at radius 2 is 1.15 bits per heavy atom. The molecular formula is C28H35NO4. The maximum absolute atomic E-state index is 5.61. The van der Waals surface area contributed by atoms with Crippen LogP contribution in [0.15, 0.2) is 66.7 Å². The third kappa shape index (κ3) is 5.79. The van der Waals surface area contributed by atoms with Gasteiger partial charge in [0.25, 0.3) is 0 Å². The second kappa shape index (κ2) is 11.6. The lowest BCUT2D eigenvalue weighted by atomic mass is 9.79. The molecule has 0 saturated heterocycles. The summed E-state index contributed by atoms with van der Waals surface area (Å²) in [5.74, 6) is 3.42. The van der Waals surface area contributed by atoms with Gasteiger partial charge in [-0.05, 0) is 46.9 Å². The van der Waals surface area contributed by atoms with Crippen molar-refractivity contribution in [3.05, 3.63) is 83.4 Å². The summed E-state index contributed by atoms with van der Waals surface area (Å²) in [6, 6.07) is 22.8. The van der Waals surface area contributed by atoms with Crippen LogP contribution < -0.4 is 24.3 Å². The Morgan fingerprint density at radius 1 is 0.636 bits per heavy atom. The van der Waals surface area contributed by atoms with E-state index in [0.29, 0.717) is 5.92 Å². The molecule has 1 N–H and O–H groups in total. The van der Waals surface area contributed by atoms with Gasteiger partial charge < -0.3 is 24.3 Å². The summed E-state index contributed by atoms with van der Waals surface area (Å²) in [5.41, 5.74) is 3.55. The maximum Gasteiger partial charge on any atom is 0.161 e. The fourth-order valence-electron chi connectivity index (χ4n) is 4.34. The van der Waals surface area contributed by atoms with Gasteiger partial charge in [0.2, 0.25) is 0 Å². The van der Waals surface area contributed by atoms with Crippen molar-refractivity contribution >= 4 is 0 Å². The van der Waals surface area contributed by atoms with Crippen LogP contribution in [0.1, 0.15) is 42.5 Å². The minimum Gasteiger partial charge on any atom is -0.493 e. The van der Waals surface area contributed by atoms with Crippen LogP contribution in [0.5, 0.6) is 23.0 Å². The van der Waals surface area contributed by atoms with E-state index in [0.717, 1.165) is 35.1 Å². The van der Waals surface area contributed by atoms with E-state index in [9.17, 15) is 0 Å². The molecule has 0 amide bonds. The molecule has 3 aromatic carbocycles. The fourth-order valence-corrected chi connectivity index (χ4v) is 4.34. The van der Waals surface area contributed by atoms with Crippen LogP contribution in [0.4, 0.5) is 0 Å². The Balaban J connectivity index is 2.07. The highest BCUT2D eigenvalue weighted by Gasteiger charge is 2.29. The van der Waals surface area contributed by atoms with Gasteiger partial charge in [0.05, 0.1) is 28.4 Å². The molecular weight excluding hydrogens is 414 g/mol. The van der Waals surface area contributed by atoms with Gasteiger partial charge in [0.15, 0.2) is 23.0 Å². The average molecular weight is 450 g/mol. The van der Waals surface area contributed by atoms with Gasteiger partial charge in [-0.15, -0.1) is 0 Å². The predicted octanol–water partition coefficient (Wildman–Crippen LogP) is 5.99. The average Bonchev–Trinajstić information content (AvgIpc) is 2.86. The standard InChI is InChI=1S/C28H35NO4/c1-19(2)27(21-12-14-23(30-3)25(16-21)32-5)28(29-18-20-10-8-7-9-11-20)22-13-15-24(31-4)26(17-22)33-6/h7-17,19,27-29H,18H2,1-6H3/t27-,28-/m0/s1. The van der Waals surface area contributed by atoms with Gasteiger partial charge in [-0.3, -0.25) is 0 Å². The summed E-state index contributed by atoms with van der Waals surface area (Å²) in [6.45, 7) is 5.25. The van der Waals surface area contributed by atoms with Crippen LogP contribution in [0.2, 0.25) is 0 Å². The van der Waals surface area contributed by atoms with Crippen molar-refractivity contribution in [2.45, 2.75) is 32.4 Å². The SMILES string of the molecule is COc1ccc([C@H](C(C)C)[C@@H](NCc2ccccc2)c2ccc(OC)c(OC)c2)cc1OC. The zero-order valence-electron chi connectivity index (χ0n) is 20.4. The molecule has 2 atom stereocenters. The highest BCUT2D eigenvalue weighted by Crippen LogP contribution is 2.42. The molecule has 0 aliphatic rings. The van der Waals surface area contributed by atoms with E-state index in [-0.39, 0.29) is 12.0 Å². The van der Waals surface area contributed by atoms with E-state index in [1.54, 1.807) is 28.4 Å². The largest absolute Gasteiger partial charge is 0.493 e. The third-order valence-electron chi connectivity index (χ3n) is 6.01. The van der Waals surface area contributed by atoms with Crippen molar-refractivity contribution in [1.29, 1.82) is 0 Å². The minimum atomic E-state index is 0.0307.